The highest BCUT2D eigenvalue weighted by molar-refractivity contribution is 9.09. The molecule has 1 rings (SSSR count). The van der Waals surface area contributed by atoms with E-state index in [1.54, 1.807) is 0 Å². The molecule has 0 radical (unpaired) electrons. The molecule has 0 aromatic rings. The van der Waals surface area contributed by atoms with Crippen molar-refractivity contribution in [3.05, 3.63) is 0 Å². The number of ether oxygens (including phenoxy) is 2. The van der Waals surface area contributed by atoms with Gasteiger partial charge in [-0.05, 0) is 13.3 Å². The summed E-state index contributed by atoms with van der Waals surface area (Å²) in [5.41, 5.74) is -0.314. The molecule has 90 valence electrons. The van der Waals surface area contributed by atoms with Crippen LogP contribution < -0.4 is 0 Å². The second kappa shape index (κ2) is 5.01. The molecule has 1 aliphatic rings. The minimum atomic E-state index is -4.25. The van der Waals surface area contributed by atoms with Gasteiger partial charge in [-0.15, -0.1) is 0 Å². The van der Waals surface area contributed by atoms with Gasteiger partial charge < -0.3 is 9.47 Å². The fourth-order valence-electron chi connectivity index (χ4n) is 1.59. The van der Waals surface area contributed by atoms with Gasteiger partial charge in [-0.1, -0.05) is 15.9 Å². The van der Waals surface area contributed by atoms with Crippen LogP contribution in [0.4, 0.5) is 13.2 Å². The predicted octanol–water partition coefficient (Wildman–Crippen LogP) is 2.76. The predicted molar refractivity (Wildman–Crippen MR) is 53.1 cm³/mol. The summed E-state index contributed by atoms with van der Waals surface area (Å²) in [6.07, 6.45) is -3.59. The minimum Gasteiger partial charge on any atom is -0.378 e. The molecule has 0 saturated carbocycles. The van der Waals surface area contributed by atoms with Crippen molar-refractivity contribution in [3.8, 4) is 0 Å². The summed E-state index contributed by atoms with van der Waals surface area (Å²) in [5.74, 6) is 0. The van der Waals surface area contributed by atoms with Crippen LogP contribution >= 0.6 is 15.9 Å². The van der Waals surface area contributed by atoms with Crippen LogP contribution in [0.2, 0.25) is 0 Å². The Kier molecular flexibility index (Phi) is 4.43. The SMILES string of the molecule is CC1OCCC1(CBr)COCC(F)(F)F. The average Bonchev–Trinajstić information content (AvgIpc) is 2.46. The second-order valence-corrected chi connectivity index (χ2v) is 4.43. The van der Waals surface area contributed by atoms with Crippen LogP contribution in [0.25, 0.3) is 0 Å². The molecule has 2 atom stereocenters. The van der Waals surface area contributed by atoms with Crippen LogP contribution in [0.1, 0.15) is 13.3 Å². The number of hydrogen-bond acceptors (Lipinski definition) is 2. The van der Waals surface area contributed by atoms with E-state index in [2.05, 4.69) is 15.9 Å². The Morgan fingerprint density at radius 2 is 2.20 bits per heavy atom. The van der Waals surface area contributed by atoms with Crippen molar-refractivity contribution >= 4 is 15.9 Å². The van der Waals surface area contributed by atoms with Crippen LogP contribution in [0.15, 0.2) is 0 Å². The summed E-state index contributed by atoms with van der Waals surface area (Å²) in [5, 5.41) is 0.596. The molecule has 2 unspecified atom stereocenters. The van der Waals surface area contributed by atoms with Crippen LogP contribution in [0.5, 0.6) is 0 Å². The molecule has 15 heavy (non-hydrogen) atoms. The van der Waals surface area contributed by atoms with E-state index in [4.69, 9.17) is 9.47 Å². The molecule has 0 N–H and O–H groups in total. The number of halogens is 4. The normalized spacial score (nSPS) is 32.2. The van der Waals surface area contributed by atoms with Gasteiger partial charge in [0.05, 0.1) is 12.7 Å². The summed E-state index contributed by atoms with van der Waals surface area (Å²) in [6, 6.07) is 0. The van der Waals surface area contributed by atoms with Gasteiger partial charge in [0.1, 0.15) is 6.61 Å². The highest BCUT2D eigenvalue weighted by Crippen LogP contribution is 2.37. The van der Waals surface area contributed by atoms with E-state index >= 15 is 0 Å². The van der Waals surface area contributed by atoms with Gasteiger partial charge in [-0.3, -0.25) is 0 Å². The van der Waals surface area contributed by atoms with E-state index in [0.717, 1.165) is 6.42 Å². The summed E-state index contributed by atoms with van der Waals surface area (Å²) >= 11 is 3.31. The Hall–Kier alpha value is 0.190. The maximum atomic E-state index is 11.9. The van der Waals surface area contributed by atoms with Crippen molar-refractivity contribution in [2.45, 2.75) is 25.6 Å². The summed E-state index contributed by atoms with van der Waals surface area (Å²) in [4.78, 5) is 0. The van der Waals surface area contributed by atoms with Crippen LogP contribution in [0, 0.1) is 5.41 Å². The Morgan fingerprint density at radius 1 is 1.53 bits per heavy atom. The lowest BCUT2D eigenvalue weighted by Gasteiger charge is -2.29. The zero-order chi connectivity index (χ0) is 11.5. The molecule has 1 heterocycles. The first-order valence-electron chi connectivity index (χ1n) is 4.72. The molecule has 0 spiro atoms. The monoisotopic (exact) mass is 290 g/mol. The molecule has 6 heteroatoms. The molecule has 1 fully saturated rings. The number of alkyl halides is 4. The Morgan fingerprint density at radius 3 is 2.60 bits per heavy atom. The largest absolute Gasteiger partial charge is 0.411 e. The maximum absolute atomic E-state index is 11.9. The first kappa shape index (κ1) is 13.3. The van der Waals surface area contributed by atoms with E-state index in [1.807, 2.05) is 6.92 Å². The Balaban J connectivity index is 2.41. The van der Waals surface area contributed by atoms with Crippen LogP contribution in [0.3, 0.4) is 0 Å². The lowest BCUT2D eigenvalue weighted by atomic mass is 9.85. The van der Waals surface area contributed by atoms with Crippen LogP contribution in [-0.2, 0) is 9.47 Å². The molecular weight excluding hydrogens is 277 g/mol. The molecule has 0 aromatic carbocycles. The van der Waals surface area contributed by atoms with Crippen molar-refractivity contribution in [3.63, 3.8) is 0 Å². The standard InChI is InChI=1S/C9H14BrF3O2/c1-7-8(4-10,2-3-15-7)5-14-6-9(11,12)13/h7H,2-6H2,1H3. The van der Waals surface area contributed by atoms with E-state index in [0.29, 0.717) is 11.9 Å². The molecule has 2 nitrogen and oxygen atoms in total. The fraction of sp³-hybridized carbons (Fsp3) is 1.00. The summed E-state index contributed by atoms with van der Waals surface area (Å²) < 4.78 is 45.7. The average molecular weight is 291 g/mol. The minimum absolute atomic E-state index is 0.0647. The van der Waals surface area contributed by atoms with Gasteiger partial charge in [0.15, 0.2) is 0 Å². The lowest BCUT2D eigenvalue weighted by molar-refractivity contribution is -0.181. The third kappa shape index (κ3) is 3.60. The topological polar surface area (TPSA) is 18.5 Å². The first-order valence-corrected chi connectivity index (χ1v) is 5.84. The number of rotatable bonds is 4. The van der Waals surface area contributed by atoms with Gasteiger partial charge >= 0.3 is 6.18 Å². The second-order valence-electron chi connectivity index (χ2n) is 3.87. The molecule has 0 amide bonds. The van der Waals surface area contributed by atoms with E-state index in [-0.39, 0.29) is 18.1 Å². The van der Waals surface area contributed by atoms with Crippen molar-refractivity contribution < 1.29 is 22.6 Å². The third-order valence-electron chi connectivity index (χ3n) is 2.75. The van der Waals surface area contributed by atoms with E-state index in [9.17, 15) is 13.2 Å². The Labute approximate surface area is 95.2 Å². The Bertz CT molecular complexity index is 210. The lowest BCUT2D eigenvalue weighted by Crippen LogP contribution is -2.36. The zero-order valence-electron chi connectivity index (χ0n) is 8.44. The molecule has 0 aliphatic carbocycles. The van der Waals surface area contributed by atoms with Gasteiger partial charge in [-0.25, -0.2) is 0 Å². The van der Waals surface area contributed by atoms with Gasteiger partial charge in [0.25, 0.3) is 0 Å². The molecular formula is C9H14BrF3O2. The molecule has 1 aliphatic heterocycles. The quantitative estimate of drug-likeness (QED) is 0.742. The van der Waals surface area contributed by atoms with E-state index < -0.39 is 12.8 Å². The smallest absolute Gasteiger partial charge is 0.378 e. The maximum Gasteiger partial charge on any atom is 0.411 e. The van der Waals surface area contributed by atoms with Crippen molar-refractivity contribution in [1.29, 1.82) is 0 Å². The summed E-state index contributed by atoms with van der Waals surface area (Å²) in [7, 11) is 0. The molecule has 0 bridgehead atoms. The highest BCUT2D eigenvalue weighted by Gasteiger charge is 2.41. The van der Waals surface area contributed by atoms with Crippen molar-refractivity contribution in [2.24, 2.45) is 5.41 Å². The van der Waals surface area contributed by atoms with Gasteiger partial charge in [-0.2, -0.15) is 13.2 Å². The third-order valence-corrected chi connectivity index (χ3v) is 3.87. The zero-order valence-corrected chi connectivity index (χ0v) is 10.0. The van der Waals surface area contributed by atoms with Gasteiger partial charge in [0.2, 0.25) is 0 Å². The van der Waals surface area contributed by atoms with Crippen LogP contribution in [-0.4, -0.2) is 37.4 Å². The fourth-order valence-corrected chi connectivity index (χ4v) is 2.49. The first-order chi connectivity index (χ1) is 6.90. The van der Waals surface area contributed by atoms with Gasteiger partial charge in [0, 0.05) is 17.4 Å². The van der Waals surface area contributed by atoms with E-state index in [1.165, 1.54) is 0 Å². The van der Waals surface area contributed by atoms with Crippen molar-refractivity contribution in [1.82, 2.24) is 0 Å². The molecule has 1 saturated heterocycles. The van der Waals surface area contributed by atoms with Crippen molar-refractivity contribution in [2.75, 3.05) is 25.2 Å². The number of hydrogen-bond donors (Lipinski definition) is 0. The highest BCUT2D eigenvalue weighted by atomic mass is 79.9. The summed E-state index contributed by atoms with van der Waals surface area (Å²) in [6.45, 7) is 1.35. The molecule has 0 aromatic heterocycles.